The molecule has 3 N–H and O–H groups in total. The van der Waals surface area contributed by atoms with Gasteiger partial charge in [0.15, 0.2) is 0 Å². The molecule has 58 heavy (non-hydrogen) atoms. The number of carboxylic acid groups (broad SMARTS) is 1. The number of aliphatic carboxylic acids is 1. The highest BCUT2D eigenvalue weighted by Gasteiger charge is 2.28. The van der Waals surface area contributed by atoms with Crippen LogP contribution in [0.3, 0.4) is 0 Å². The molecule has 0 radical (unpaired) electrons. The Bertz CT molecular complexity index is 2320. The molecule has 0 spiro atoms. The summed E-state index contributed by atoms with van der Waals surface area (Å²) in [6.07, 6.45) is 6.22. The van der Waals surface area contributed by atoms with Gasteiger partial charge in [-0.2, -0.15) is 5.10 Å². The number of aromatic nitrogens is 2. The van der Waals surface area contributed by atoms with Crippen molar-refractivity contribution >= 4 is 40.1 Å². The average molecular weight is 809 g/mol. The number of nitro benzene ring substituents is 1. The molecule has 1 atom stereocenters. The fourth-order valence-corrected chi connectivity index (χ4v) is 8.85. The fraction of sp³-hybridized carbons (Fsp3) is 0.386. The van der Waals surface area contributed by atoms with Crippen LogP contribution >= 0.6 is 11.6 Å². The topological polar surface area (TPSA) is 161 Å². The molecular weight excluding hydrogens is 760 g/mol. The van der Waals surface area contributed by atoms with Crippen molar-refractivity contribution in [2.24, 2.45) is 11.8 Å². The van der Waals surface area contributed by atoms with Gasteiger partial charge in [-0.25, -0.2) is 0 Å². The SMILES string of the molecule is COc1cc(-c2cccc(-c3cccc4c3cnn4Cc3cc(OC)c(CN(C)C[C@H]4CC[C@H](C(=O)O)CC4)cc3[N+](=O)[O-])c2Cl)ccc1CNC[C@@H]1CCC(=O)N1. The van der Waals surface area contributed by atoms with Crippen LogP contribution in [0.15, 0.2) is 72.9 Å². The van der Waals surface area contributed by atoms with Crippen LogP contribution in [0.2, 0.25) is 5.02 Å². The van der Waals surface area contributed by atoms with Crippen molar-refractivity contribution in [1.29, 1.82) is 0 Å². The molecule has 2 heterocycles. The zero-order valence-electron chi connectivity index (χ0n) is 33.0. The molecule has 4 aromatic carbocycles. The van der Waals surface area contributed by atoms with Gasteiger partial charge in [0.2, 0.25) is 5.91 Å². The molecule has 13 nitrogen and oxygen atoms in total. The number of hydrogen-bond acceptors (Lipinski definition) is 9. The second kappa shape index (κ2) is 18.0. The van der Waals surface area contributed by atoms with Gasteiger partial charge in [0, 0.05) is 72.3 Å². The lowest BCUT2D eigenvalue weighted by Crippen LogP contribution is -2.35. The van der Waals surface area contributed by atoms with E-state index in [1.54, 1.807) is 37.2 Å². The largest absolute Gasteiger partial charge is 0.496 e. The molecule has 7 rings (SSSR count). The monoisotopic (exact) mass is 808 g/mol. The standard InChI is InChI=1S/C44H49ClN6O7/c1-49(24-27-10-12-28(13-11-27)44(53)54)25-32-18-39(51(55)56)31(20-41(32)58-3)26-50-38-9-5-7-35(37(38)23-47-50)36-8-4-6-34(43(36)45)29-14-15-30(40(19-29)57-2)21-46-22-33-16-17-42(52)48-33/h4-9,14-15,18-20,23,27-28,33,46H,10-13,16-17,21-22,24-26H2,1-3H3,(H,48,52)(H,53,54)/t27-,28-,33-/m0/s1. The van der Waals surface area contributed by atoms with Gasteiger partial charge in [-0.05, 0) is 74.4 Å². The molecule has 1 saturated carbocycles. The second-order valence-corrected chi connectivity index (χ2v) is 15.8. The number of fused-ring (bicyclic) bond motifs is 1. The fourth-order valence-electron chi connectivity index (χ4n) is 8.51. The summed E-state index contributed by atoms with van der Waals surface area (Å²) in [5, 5.41) is 34.4. The quantitative estimate of drug-likeness (QED) is 0.0666. The third-order valence-corrected chi connectivity index (χ3v) is 12.0. The summed E-state index contributed by atoms with van der Waals surface area (Å²) in [5.41, 5.74) is 6.40. The van der Waals surface area contributed by atoms with Gasteiger partial charge in [-0.3, -0.25) is 24.4 Å². The third-order valence-electron chi connectivity index (χ3n) is 11.6. The Labute approximate surface area is 342 Å². The predicted octanol–water partition coefficient (Wildman–Crippen LogP) is 7.69. The molecule has 1 saturated heterocycles. The zero-order chi connectivity index (χ0) is 40.9. The summed E-state index contributed by atoms with van der Waals surface area (Å²) >= 11 is 7.20. The number of nitro groups is 1. The van der Waals surface area contributed by atoms with Gasteiger partial charge in [0.25, 0.3) is 5.69 Å². The van der Waals surface area contributed by atoms with Crippen LogP contribution in [0.25, 0.3) is 33.2 Å². The minimum absolute atomic E-state index is 0.0127. The molecular formula is C44H49ClN6O7. The maximum atomic E-state index is 12.5. The molecule has 14 heteroatoms. The molecule has 1 aromatic heterocycles. The van der Waals surface area contributed by atoms with Gasteiger partial charge < -0.3 is 30.1 Å². The van der Waals surface area contributed by atoms with E-state index in [2.05, 4.69) is 15.5 Å². The van der Waals surface area contributed by atoms with Crippen molar-refractivity contribution in [3.05, 3.63) is 105 Å². The highest BCUT2D eigenvalue weighted by Crippen LogP contribution is 2.41. The number of carbonyl (C=O) groups excluding carboxylic acids is 1. The first-order valence-corrected chi connectivity index (χ1v) is 20.1. The summed E-state index contributed by atoms with van der Waals surface area (Å²) in [6.45, 7) is 2.64. The lowest BCUT2D eigenvalue weighted by molar-refractivity contribution is -0.385. The number of ether oxygens (including phenoxy) is 2. The van der Waals surface area contributed by atoms with Crippen LogP contribution in [0.4, 0.5) is 5.69 Å². The van der Waals surface area contributed by atoms with E-state index in [-0.39, 0.29) is 35.0 Å². The maximum Gasteiger partial charge on any atom is 0.306 e. The van der Waals surface area contributed by atoms with E-state index in [4.69, 9.17) is 26.2 Å². The molecule has 304 valence electrons. The number of hydrogen-bond donors (Lipinski definition) is 3. The van der Waals surface area contributed by atoms with Gasteiger partial charge in [-0.1, -0.05) is 54.1 Å². The lowest BCUT2D eigenvalue weighted by atomic mass is 9.82. The van der Waals surface area contributed by atoms with Crippen LogP contribution in [0, 0.1) is 22.0 Å². The lowest BCUT2D eigenvalue weighted by Gasteiger charge is -2.30. The van der Waals surface area contributed by atoms with Crippen molar-refractivity contribution in [2.75, 3.05) is 34.4 Å². The van der Waals surface area contributed by atoms with Gasteiger partial charge in [0.05, 0.1) is 53.9 Å². The van der Waals surface area contributed by atoms with E-state index in [0.29, 0.717) is 66.7 Å². The normalized spacial score (nSPS) is 18.1. The minimum Gasteiger partial charge on any atom is -0.496 e. The van der Waals surface area contributed by atoms with E-state index in [1.807, 2.05) is 61.6 Å². The van der Waals surface area contributed by atoms with Crippen LogP contribution in [-0.4, -0.2) is 77.0 Å². The number of carboxylic acids is 1. The Hall–Kier alpha value is -5.50. The summed E-state index contributed by atoms with van der Waals surface area (Å²) in [7, 11) is 5.19. The third kappa shape index (κ3) is 8.96. The Balaban J connectivity index is 1.10. The minimum atomic E-state index is -0.721. The van der Waals surface area contributed by atoms with Crippen molar-refractivity contribution in [3.8, 4) is 33.8 Å². The summed E-state index contributed by atoms with van der Waals surface area (Å²) in [5.74, 6) is 0.766. The Morgan fingerprint density at radius 3 is 2.41 bits per heavy atom. The first kappa shape index (κ1) is 40.7. The Kier molecular flexibility index (Phi) is 12.6. The number of nitrogens with zero attached hydrogens (tertiary/aromatic N) is 4. The number of halogens is 1. The van der Waals surface area contributed by atoms with Crippen LogP contribution in [-0.2, 0) is 29.2 Å². The molecule has 1 amide bonds. The molecule has 5 aromatic rings. The van der Waals surface area contributed by atoms with Crippen LogP contribution in [0.1, 0.15) is 55.2 Å². The first-order valence-electron chi connectivity index (χ1n) is 19.7. The van der Waals surface area contributed by atoms with Gasteiger partial charge in [0.1, 0.15) is 11.5 Å². The highest BCUT2D eigenvalue weighted by atomic mass is 35.5. The van der Waals surface area contributed by atoms with E-state index < -0.39 is 5.97 Å². The van der Waals surface area contributed by atoms with E-state index in [0.717, 1.165) is 70.3 Å². The molecule has 1 aliphatic heterocycles. The highest BCUT2D eigenvalue weighted by molar-refractivity contribution is 6.36. The summed E-state index contributed by atoms with van der Waals surface area (Å²) in [6, 6.07) is 21.3. The molecule has 2 fully saturated rings. The van der Waals surface area contributed by atoms with E-state index in [9.17, 15) is 24.8 Å². The number of amides is 1. The van der Waals surface area contributed by atoms with E-state index >= 15 is 0 Å². The molecule has 1 aliphatic carbocycles. The number of nitrogens with one attached hydrogen (secondary N) is 2. The van der Waals surface area contributed by atoms with Crippen LogP contribution in [0.5, 0.6) is 11.5 Å². The Morgan fingerprint density at radius 1 is 0.983 bits per heavy atom. The second-order valence-electron chi connectivity index (χ2n) is 15.5. The molecule has 0 bridgehead atoms. The summed E-state index contributed by atoms with van der Waals surface area (Å²) in [4.78, 5) is 37.2. The van der Waals surface area contributed by atoms with Crippen molar-refractivity contribution < 1.29 is 29.1 Å². The Morgan fingerprint density at radius 2 is 1.71 bits per heavy atom. The van der Waals surface area contributed by atoms with Crippen LogP contribution < -0.4 is 20.1 Å². The number of carbonyl (C=O) groups is 2. The first-order chi connectivity index (χ1) is 28.0. The molecule has 0 unspecified atom stereocenters. The van der Waals surface area contributed by atoms with Gasteiger partial charge >= 0.3 is 5.97 Å². The predicted molar refractivity (Wildman–Crippen MR) is 223 cm³/mol. The summed E-state index contributed by atoms with van der Waals surface area (Å²) < 4.78 is 13.3. The van der Waals surface area contributed by atoms with Crippen molar-refractivity contribution in [1.82, 2.24) is 25.3 Å². The molecule has 2 aliphatic rings. The van der Waals surface area contributed by atoms with Gasteiger partial charge in [-0.15, -0.1) is 0 Å². The number of rotatable bonds is 16. The maximum absolute atomic E-state index is 12.5. The van der Waals surface area contributed by atoms with Crippen molar-refractivity contribution in [2.45, 2.75) is 64.2 Å². The average Bonchev–Trinajstić information content (AvgIpc) is 3.83. The number of benzene rings is 4. The van der Waals surface area contributed by atoms with E-state index in [1.165, 1.54) is 0 Å². The van der Waals surface area contributed by atoms with Crippen molar-refractivity contribution in [3.63, 3.8) is 0 Å². The number of methoxy groups -OCH3 is 2. The zero-order valence-corrected chi connectivity index (χ0v) is 33.8. The smallest absolute Gasteiger partial charge is 0.306 e.